The Kier molecular flexibility index (Phi) is 4.37. The van der Waals surface area contributed by atoms with E-state index >= 15 is 0 Å². The van der Waals surface area contributed by atoms with Gasteiger partial charge in [0.2, 0.25) is 5.91 Å². The molecule has 1 atom stereocenters. The van der Waals surface area contributed by atoms with E-state index in [1.807, 2.05) is 11.8 Å². The number of amides is 1. The van der Waals surface area contributed by atoms with Crippen LogP contribution in [0.15, 0.2) is 0 Å². The van der Waals surface area contributed by atoms with Crippen LogP contribution < -0.4 is 5.32 Å². The van der Waals surface area contributed by atoms with Crippen LogP contribution in [0.2, 0.25) is 0 Å². The lowest BCUT2D eigenvalue weighted by atomic mass is 9.98. The van der Waals surface area contributed by atoms with Gasteiger partial charge in [0, 0.05) is 13.1 Å². The molecule has 1 unspecified atom stereocenters. The third-order valence-electron chi connectivity index (χ3n) is 3.14. The number of hydrogen-bond donors (Lipinski definition) is 1. The maximum Gasteiger partial charge on any atom is 0.242 e. The van der Waals surface area contributed by atoms with Gasteiger partial charge in [-0.2, -0.15) is 0 Å². The molecule has 0 bridgehead atoms. The number of hydrogen-bond acceptors (Lipinski definition) is 3. The number of nitrogens with one attached hydrogen (secondary N) is 1. The predicted octanol–water partition coefficient (Wildman–Crippen LogP) is 0.409. The zero-order valence-corrected chi connectivity index (χ0v) is 9.94. The molecule has 2 heterocycles. The summed E-state index contributed by atoms with van der Waals surface area (Å²) in [6.45, 7) is 5.83. The number of carbonyl (C=O) groups excluding carboxylic acids is 1. The molecule has 1 N–H and O–H groups in total. The number of carbonyl (C=O) groups is 1. The van der Waals surface area contributed by atoms with Gasteiger partial charge in [0.15, 0.2) is 0 Å². The maximum atomic E-state index is 12.1. The Morgan fingerprint density at radius 3 is 2.60 bits per heavy atom. The second kappa shape index (κ2) is 5.14. The number of rotatable bonds is 1. The summed E-state index contributed by atoms with van der Waals surface area (Å²) < 4.78 is 5.23. The molecule has 2 rings (SSSR count). The molecule has 2 aliphatic rings. The summed E-state index contributed by atoms with van der Waals surface area (Å²) in [5, 5.41) is 3.30. The first-order valence-electron chi connectivity index (χ1n) is 5.34. The van der Waals surface area contributed by atoms with Gasteiger partial charge in [0.1, 0.15) is 0 Å². The fourth-order valence-electron chi connectivity index (χ4n) is 2.19. The largest absolute Gasteiger partial charge is 0.378 e. The summed E-state index contributed by atoms with van der Waals surface area (Å²) in [6.07, 6.45) is 2.07. The van der Waals surface area contributed by atoms with Crippen LogP contribution in [0.1, 0.15) is 19.8 Å². The summed E-state index contributed by atoms with van der Waals surface area (Å²) in [4.78, 5) is 14.0. The molecule has 0 saturated carbocycles. The molecule has 0 aromatic carbocycles. The lowest BCUT2D eigenvalue weighted by Gasteiger charge is -2.34. The van der Waals surface area contributed by atoms with Crippen LogP contribution in [0, 0.1) is 0 Å². The van der Waals surface area contributed by atoms with Crippen molar-refractivity contribution in [2.45, 2.75) is 25.3 Å². The van der Waals surface area contributed by atoms with Gasteiger partial charge in [0.25, 0.3) is 0 Å². The first kappa shape index (κ1) is 12.7. The second-order valence-corrected chi connectivity index (χ2v) is 4.27. The number of ether oxygens (including phenoxy) is 1. The third kappa shape index (κ3) is 2.62. The minimum Gasteiger partial charge on any atom is -0.378 e. The molecule has 2 aliphatic heterocycles. The van der Waals surface area contributed by atoms with Crippen LogP contribution in [0.4, 0.5) is 0 Å². The Morgan fingerprint density at radius 1 is 1.40 bits per heavy atom. The van der Waals surface area contributed by atoms with Gasteiger partial charge in [-0.15, -0.1) is 12.4 Å². The van der Waals surface area contributed by atoms with E-state index in [4.69, 9.17) is 4.74 Å². The van der Waals surface area contributed by atoms with Crippen LogP contribution in [0.5, 0.6) is 0 Å². The Morgan fingerprint density at radius 2 is 2.07 bits per heavy atom. The highest BCUT2D eigenvalue weighted by Crippen LogP contribution is 2.21. The molecule has 4 nitrogen and oxygen atoms in total. The minimum atomic E-state index is -0.308. The fourth-order valence-corrected chi connectivity index (χ4v) is 2.19. The van der Waals surface area contributed by atoms with E-state index in [0.717, 1.165) is 32.5 Å². The van der Waals surface area contributed by atoms with Gasteiger partial charge >= 0.3 is 0 Å². The molecule has 2 fully saturated rings. The van der Waals surface area contributed by atoms with Crippen LogP contribution >= 0.6 is 12.4 Å². The Balaban J connectivity index is 0.00000112. The molecule has 0 aliphatic carbocycles. The van der Waals surface area contributed by atoms with E-state index in [9.17, 15) is 4.79 Å². The zero-order valence-electron chi connectivity index (χ0n) is 9.12. The van der Waals surface area contributed by atoms with Gasteiger partial charge in [-0.1, -0.05) is 0 Å². The van der Waals surface area contributed by atoms with Crippen molar-refractivity contribution < 1.29 is 9.53 Å². The van der Waals surface area contributed by atoms with Crippen molar-refractivity contribution in [3.05, 3.63) is 0 Å². The van der Waals surface area contributed by atoms with Crippen LogP contribution in [0.3, 0.4) is 0 Å². The number of morpholine rings is 1. The molecular formula is C10H19ClN2O2. The van der Waals surface area contributed by atoms with Gasteiger partial charge in [-0.05, 0) is 26.3 Å². The van der Waals surface area contributed by atoms with E-state index < -0.39 is 0 Å². The highest BCUT2D eigenvalue weighted by atomic mass is 35.5. The normalized spacial score (nSPS) is 31.1. The lowest BCUT2D eigenvalue weighted by Crippen LogP contribution is -2.55. The van der Waals surface area contributed by atoms with Gasteiger partial charge in [0.05, 0.1) is 18.8 Å². The van der Waals surface area contributed by atoms with Crippen molar-refractivity contribution in [2.75, 3.05) is 32.8 Å². The van der Waals surface area contributed by atoms with E-state index in [1.54, 1.807) is 0 Å². The Bertz CT molecular complexity index is 223. The standard InChI is InChI=1S/C10H18N2O2.ClH/c1-10(3-2-4-11-10)9(13)12-5-7-14-8-6-12;/h11H,2-8H2,1H3;1H. The molecule has 88 valence electrons. The second-order valence-electron chi connectivity index (χ2n) is 4.27. The maximum absolute atomic E-state index is 12.1. The van der Waals surface area contributed by atoms with E-state index in [-0.39, 0.29) is 23.9 Å². The highest BCUT2D eigenvalue weighted by Gasteiger charge is 2.39. The van der Waals surface area contributed by atoms with E-state index in [1.165, 1.54) is 0 Å². The van der Waals surface area contributed by atoms with Gasteiger partial charge < -0.3 is 15.0 Å². The van der Waals surface area contributed by atoms with Crippen molar-refractivity contribution in [3.63, 3.8) is 0 Å². The summed E-state index contributed by atoms with van der Waals surface area (Å²) in [5.74, 6) is 0.248. The first-order chi connectivity index (χ1) is 6.72. The number of nitrogens with zero attached hydrogens (tertiary/aromatic N) is 1. The molecular weight excluding hydrogens is 216 g/mol. The first-order valence-corrected chi connectivity index (χ1v) is 5.34. The van der Waals surface area contributed by atoms with Crippen LogP contribution in [-0.4, -0.2) is 49.2 Å². The molecule has 0 aromatic rings. The van der Waals surface area contributed by atoms with Crippen molar-refractivity contribution in [2.24, 2.45) is 0 Å². The SMILES string of the molecule is CC1(C(=O)N2CCOCC2)CCCN1.Cl. The van der Waals surface area contributed by atoms with Crippen LogP contribution in [0.25, 0.3) is 0 Å². The lowest BCUT2D eigenvalue weighted by molar-refractivity contribution is -0.141. The smallest absolute Gasteiger partial charge is 0.242 e. The zero-order chi connectivity index (χ0) is 10.0. The number of halogens is 1. The summed E-state index contributed by atoms with van der Waals surface area (Å²) in [7, 11) is 0. The minimum absolute atomic E-state index is 0. The van der Waals surface area contributed by atoms with Crippen LogP contribution in [-0.2, 0) is 9.53 Å². The topological polar surface area (TPSA) is 41.6 Å². The van der Waals surface area contributed by atoms with Gasteiger partial charge in [-0.3, -0.25) is 4.79 Å². The molecule has 1 amide bonds. The summed E-state index contributed by atoms with van der Waals surface area (Å²) >= 11 is 0. The average Bonchev–Trinajstić information content (AvgIpc) is 2.67. The van der Waals surface area contributed by atoms with Crippen molar-refractivity contribution in [1.29, 1.82) is 0 Å². The average molecular weight is 235 g/mol. The van der Waals surface area contributed by atoms with E-state index in [2.05, 4.69) is 5.32 Å². The Hall–Kier alpha value is -0.320. The fraction of sp³-hybridized carbons (Fsp3) is 0.900. The quantitative estimate of drug-likeness (QED) is 0.715. The summed E-state index contributed by atoms with van der Waals surface area (Å²) in [6, 6.07) is 0. The van der Waals surface area contributed by atoms with Crippen molar-refractivity contribution >= 4 is 18.3 Å². The molecule has 0 spiro atoms. The third-order valence-corrected chi connectivity index (χ3v) is 3.14. The van der Waals surface area contributed by atoms with Gasteiger partial charge in [-0.25, -0.2) is 0 Å². The molecule has 2 saturated heterocycles. The predicted molar refractivity (Wildman–Crippen MR) is 60.3 cm³/mol. The Labute approximate surface area is 96.7 Å². The highest BCUT2D eigenvalue weighted by molar-refractivity contribution is 5.86. The summed E-state index contributed by atoms with van der Waals surface area (Å²) in [5.41, 5.74) is -0.308. The van der Waals surface area contributed by atoms with Crippen molar-refractivity contribution in [1.82, 2.24) is 10.2 Å². The molecule has 5 heteroatoms. The van der Waals surface area contributed by atoms with E-state index in [0.29, 0.717) is 13.2 Å². The molecule has 0 radical (unpaired) electrons. The monoisotopic (exact) mass is 234 g/mol. The molecule has 15 heavy (non-hydrogen) atoms. The molecule has 0 aromatic heterocycles. The van der Waals surface area contributed by atoms with Crippen molar-refractivity contribution in [3.8, 4) is 0 Å².